The van der Waals surface area contributed by atoms with Gasteiger partial charge in [0.25, 0.3) is 0 Å². The third-order valence-corrected chi connectivity index (χ3v) is 5.69. The van der Waals surface area contributed by atoms with Gasteiger partial charge in [-0.05, 0) is 42.0 Å². The van der Waals surface area contributed by atoms with Crippen molar-refractivity contribution in [1.82, 2.24) is 5.32 Å². The van der Waals surface area contributed by atoms with Crippen LogP contribution in [0.1, 0.15) is 29.2 Å². The highest BCUT2D eigenvalue weighted by molar-refractivity contribution is 5.85. The van der Waals surface area contributed by atoms with E-state index in [2.05, 4.69) is 5.32 Å². The van der Waals surface area contributed by atoms with Crippen LogP contribution in [0.25, 0.3) is 11.0 Å². The Morgan fingerprint density at radius 2 is 1.74 bits per heavy atom. The number of carbonyl (C=O) groups excluding carboxylic acids is 1. The predicted molar refractivity (Wildman–Crippen MR) is 127 cm³/mol. The number of rotatable bonds is 9. The summed E-state index contributed by atoms with van der Waals surface area (Å²) in [6.45, 7) is 0.173. The van der Waals surface area contributed by atoms with Gasteiger partial charge in [-0.1, -0.05) is 12.1 Å². The Kier molecular flexibility index (Phi) is 6.96. The lowest BCUT2D eigenvalue weighted by Gasteiger charge is -2.21. The SMILES string of the molecule is COc1cc([C@@H](CC(=O)NCc2ccco2)c2c(O)c3ccccc3oc2=O)cc(OC)c1OC. The normalized spacial score (nSPS) is 11.7. The van der Waals surface area contributed by atoms with E-state index in [0.29, 0.717) is 34.0 Å². The molecule has 0 saturated carbocycles. The zero-order valence-corrected chi connectivity index (χ0v) is 19.5. The van der Waals surface area contributed by atoms with Crippen LogP contribution in [0.2, 0.25) is 0 Å². The van der Waals surface area contributed by atoms with Crippen LogP contribution in [0.15, 0.2) is 68.4 Å². The van der Waals surface area contributed by atoms with Crippen LogP contribution < -0.4 is 25.2 Å². The summed E-state index contributed by atoms with van der Waals surface area (Å²) in [5.41, 5.74) is -0.0694. The van der Waals surface area contributed by atoms with Gasteiger partial charge in [-0.2, -0.15) is 0 Å². The van der Waals surface area contributed by atoms with Gasteiger partial charge in [0.05, 0.1) is 45.1 Å². The minimum Gasteiger partial charge on any atom is -0.507 e. The maximum Gasteiger partial charge on any atom is 0.343 e. The molecule has 2 aromatic carbocycles. The minimum absolute atomic E-state index is 0.0499. The van der Waals surface area contributed by atoms with Crippen molar-refractivity contribution in [3.8, 4) is 23.0 Å². The molecule has 4 rings (SSSR count). The van der Waals surface area contributed by atoms with Crippen molar-refractivity contribution < 1.29 is 32.9 Å². The van der Waals surface area contributed by atoms with Gasteiger partial charge in [-0.15, -0.1) is 0 Å². The van der Waals surface area contributed by atoms with Crippen molar-refractivity contribution in [2.45, 2.75) is 18.9 Å². The molecule has 2 N–H and O–H groups in total. The van der Waals surface area contributed by atoms with Gasteiger partial charge >= 0.3 is 5.63 Å². The number of ether oxygens (including phenoxy) is 3. The fraction of sp³-hybridized carbons (Fsp3) is 0.231. The Morgan fingerprint density at radius 1 is 1.03 bits per heavy atom. The molecule has 35 heavy (non-hydrogen) atoms. The van der Waals surface area contributed by atoms with Crippen molar-refractivity contribution in [3.05, 3.63) is 82.1 Å². The topological polar surface area (TPSA) is 120 Å². The van der Waals surface area contributed by atoms with Gasteiger partial charge < -0.3 is 33.5 Å². The Hall–Kier alpha value is -4.40. The van der Waals surface area contributed by atoms with Crippen molar-refractivity contribution in [2.75, 3.05) is 21.3 Å². The summed E-state index contributed by atoms with van der Waals surface area (Å²) in [5, 5.41) is 14.2. The summed E-state index contributed by atoms with van der Waals surface area (Å²) in [4.78, 5) is 26.0. The largest absolute Gasteiger partial charge is 0.507 e. The van der Waals surface area contributed by atoms with Crippen molar-refractivity contribution in [2.24, 2.45) is 0 Å². The van der Waals surface area contributed by atoms with E-state index in [0.717, 1.165) is 0 Å². The van der Waals surface area contributed by atoms with Crippen molar-refractivity contribution in [1.29, 1.82) is 0 Å². The molecule has 0 radical (unpaired) electrons. The van der Waals surface area contributed by atoms with E-state index in [9.17, 15) is 14.7 Å². The van der Waals surface area contributed by atoms with Gasteiger partial charge in [0.1, 0.15) is 17.1 Å². The van der Waals surface area contributed by atoms with Gasteiger partial charge in [0.2, 0.25) is 11.7 Å². The first-order valence-electron chi connectivity index (χ1n) is 10.8. The molecule has 9 heteroatoms. The highest BCUT2D eigenvalue weighted by Crippen LogP contribution is 2.43. The molecule has 0 spiro atoms. The maximum atomic E-state index is 13.1. The number of nitrogens with one attached hydrogen (secondary N) is 1. The summed E-state index contributed by atoms with van der Waals surface area (Å²) < 4.78 is 27.1. The van der Waals surface area contributed by atoms with E-state index in [1.165, 1.54) is 27.6 Å². The highest BCUT2D eigenvalue weighted by Gasteiger charge is 2.29. The first-order chi connectivity index (χ1) is 17.0. The van der Waals surface area contributed by atoms with E-state index in [1.807, 2.05) is 0 Å². The van der Waals surface area contributed by atoms with E-state index in [1.54, 1.807) is 48.5 Å². The lowest BCUT2D eigenvalue weighted by atomic mass is 9.87. The Morgan fingerprint density at radius 3 is 2.37 bits per heavy atom. The number of benzene rings is 2. The molecular weight excluding hydrogens is 454 g/mol. The molecule has 0 bridgehead atoms. The molecule has 9 nitrogen and oxygen atoms in total. The fourth-order valence-corrected chi connectivity index (χ4v) is 4.00. The molecule has 0 saturated heterocycles. The second-order valence-electron chi connectivity index (χ2n) is 7.72. The molecule has 2 heterocycles. The molecule has 1 atom stereocenters. The molecule has 0 fully saturated rings. The number of carbonyl (C=O) groups is 1. The summed E-state index contributed by atoms with van der Waals surface area (Å²) in [7, 11) is 4.41. The van der Waals surface area contributed by atoms with Crippen LogP contribution in [0.5, 0.6) is 23.0 Å². The second-order valence-corrected chi connectivity index (χ2v) is 7.72. The van der Waals surface area contributed by atoms with E-state index < -0.39 is 11.5 Å². The zero-order chi connectivity index (χ0) is 24.9. The summed E-state index contributed by atoms with van der Waals surface area (Å²) in [6.07, 6.45) is 1.34. The smallest absolute Gasteiger partial charge is 0.343 e. The van der Waals surface area contributed by atoms with Gasteiger partial charge in [0.15, 0.2) is 11.5 Å². The zero-order valence-electron chi connectivity index (χ0n) is 19.5. The fourth-order valence-electron chi connectivity index (χ4n) is 4.00. The summed E-state index contributed by atoms with van der Waals surface area (Å²) in [5.74, 6) is 0.105. The molecule has 0 aliphatic rings. The lowest BCUT2D eigenvalue weighted by Crippen LogP contribution is -2.26. The number of fused-ring (bicyclic) bond motifs is 1. The van der Waals surface area contributed by atoms with Gasteiger partial charge in [-0.25, -0.2) is 4.79 Å². The average Bonchev–Trinajstić information content (AvgIpc) is 3.39. The van der Waals surface area contributed by atoms with Crippen molar-refractivity contribution in [3.63, 3.8) is 0 Å². The van der Waals surface area contributed by atoms with Gasteiger partial charge in [-0.3, -0.25) is 4.79 Å². The second kappa shape index (κ2) is 10.3. The molecule has 182 valence electrons. The Labute approximate surface area is 200 Å². The minimum atomic E-state index is -0.888. The number of hydrogen-bond acceptors (Lipinski definition) is 8. The molecule has 2 aromatic heterocycles. The Balaban J connectivity index is 1.83. The first kappa shape index (κ1) is 23.7. The average molecular weight is 479 g/mol. The Bertz CT molecular complexity index is 1370. The summed E-state index contributed by atoms with van der Waals surface area (Å²) in [6, 6.07) is 13.4. The van der Waals surface area contributed by atoms with E-state index in [4.69, 9.17) is 23.0 Å². The number of methoxy groups -OCH3 is 3. The monoisotopic (exact) mass is 479 g/mol. The number of hydrogen-bond donors (Lipinski definition) is 2. The van der Waals surface area contributed by atoms with Crippen LogP contribution in [-0.2, 0) is 11.3 Å². The van der Waals surface area contributed by atoms with Crippen LogP contribution in [0.4, 0.5) is 0 Å². The predicted octanol–water partition coefficient (Wildman–Crippen LogP) is 3.96. The van der Waals surface area contributed by atoms with Crippen LogP contribution in [-0.4, -0.2) is 32.3 Å². The quantitative estimate of drug-likeness (QED) is 0.346. The number of para-hydroxylation sites is 1. The van der Waals surface area contributed by atoms with Crippen LogP contribution in [0.3, 0.4) is 0 Å². The molecular formula is C26H25NO8. The van der Waals surface area contributed by atoms with E-state index in [-0.39, 0.29) is 35.8 Å². The third-order valence-electron chi connectivity index (χ3n) is 5.69. The molecule has 0 aliphatic heterocycles. The number of aromatic hydroxyl groups is 1. The van der Waals surface area contributed by atoms with Crippen molar-refractivity contribution >= 4 is 16.9 Å². The lowest BCUT2D eigenvalue weighted by molar-refractivity contribution is -0.121. The van der Waals surface area contributed by atoms with Gasteiger partial charge in [0, 0.05) is 12.3 Å². The third kappa shape index (κ3) is 4.79. The van der Waals surface area contributed by atoms with Crippen LogP contribution in [0, 0.1) is 0 Å². The number of furan rings is 1. The summed E-state index contributed by atoms with van der Waals surface area (Å²) >= 11 is 0. The number of amides is 1. The molecule has 0 unspecified atom stereocenters. The maximum absolute atomic E-state index is 13.1. The van der Waals surface area contributed by atoms with Crippen LogP contribution >= 0.6 is 0 Å². The standard InChI is InChI=1S/C26H25NO8/c1-31-20-11-15(12-21(32-2)25(20)33-3)18(13-22(28)27-14-16-7-6-10-34-16)23-24(29)17-8-4-5-9-19(17)35-26(23)30/h4-12,18,29H,13-14H2,1-3H3,(H,27,28)/t18-/m1/s1. The molecule has 0 aliphatic carbocycles. The van der Waals surface area contributed by atoms with E-state index >= 15 is 0 Å². The first-order valence-corrected chi connectivity index (χ1v) is 10.8. The molecule has 4 aromatic rings. The molecule has 1 amide bonds. The highest BCUT2D eigenvalue weighted by atomic mass is 16.5.